The van der Waals surface area contributed by atoms with Gasteiger partial charge in [-0.05, 0) is 43.8 Å². The summed E-state index contributed by atoms with van der Waals surface area (Å²) in [5, 5.41) is 12.1. The molecule has 8 heteroatoms. The second-order valence-corrected chi connectivity index (χ2v) is 6.78. The fourth-order valence-electron chi connectivity index (χ4n) is 1.92. The molecule has 0 amide bonds. The van der Waals surface area contributed by atoms with E-state index in [9.17, 15) is 0 Å². The molecule has 0 radical (unpaired) electrons. The molecule has 2 rings (SSSR count). The van der Waals surface area contributed by atoms with E-state index in [-0.39, 0.29) is 12.0 Å². The van der Waals surface area contributed by atoms with Gasteiger partial charge in [0.05, 0.1) is 22.4 Å². The summed E-state index contributed by atoms with van der Waals surface area (Å²) in [6.45, 7) is 7.86. The predicted octanol–water partition coefficient (Wildman–Crippen LogP) is 5.04. The van der Waals surface area contributed by atoms with Gasteiger partial charge >= 0.3 is 0 Å². The van der Waals surface area contributed by atoms with Crippen molar-refractivity contribution >= 4 is 41.6 Å². The van der Waals surface area contributed by atoms with Crippen molar-refractivity contribution in [2.45, 2.75) is 39.7 Å². The van der Waals surface area contributed by atoms with Gasteiger partial charge in [0.15, 0.2) is 11.6 Å². The minimum Gasteiger partial charge on any atom is -0.488 e. The number of benzene rings is 1. The van der Waals surface area contributed by atoms with E-state index >= 15 is 0 Å². The summed E-state index contributed by atoms with van der Waals surface area (Å²) < 4.78 is 7.62. The van der Waals surface area contributed by atoms with Crippen LogP contribution in [0.25, 0.3) is 0 Å². The first-order chi connectivity index (χ1) is 10.8. The fraction of sp³-hybridized carbons (Fsp3) is 0.400. The lowest BCUT2D eigenvalue weighted by atomic mass is 10.2. The van der Waals surface area contributed by atoms with Gasteiger partial charge in [0.25, 0.3) is 0 Å². The van der Waals surface area contributed by atoms with Gasteiger partial charge in [0, 0.05) is 5.92 Å². The van der Waals surface area contributed by atoms with Crippen LogP contribution in [0.5, 0.6) is 5.75 Å². The van der Waals surface area contributed by atoms with Crippen LogP contribution >= 0.6 is 35.4 Å². The van der Waals surface area contributed by atoms with Crippen molar-refractivity contribution < 1.29 is 4.74 Å². The molecule has 0 aliphatic carbocycles. The number of aromatic nitrogens is 3. The molecule has 0 saturated carbocycles. The smallest absolute Gasteiger partial charge is 0.216 e. The zero-order chi connectivity index (χ0) is 17.1. The van der Waals surface area contributed by atoms with E-state index in [0.717, 1.165) is 11.4 Å². The van der Waals surface area contributed by atoms with E-state index in [4.69, 9.17) is 40.2 Å². The number of ether oxygens (including phenoxy) is 1. The molecule has 0 unspecified atom stereocenters. The highest BCUT2D eigenvalue weighted by molar-refractivity contribution is 7.71. The lowest BCUT2D eigenvalue weighted by Gasteiger charge is -2.13. The van der Waals surface area contributed by atoms with Crippen molar-refractivity contribution in [2.75, 3.05) is 0 Å². The molecular weight excluding hydrogens is 355 g/mol. The standard InChI is InChI=1S/C15H18Cl2N4OS/c1-8(2)14-19-20-15(23)21(14)18-7-10-5-11(16)13(12(17)6-10)22-9(3)4/h5-9H,1-4H3,(H,20,23)/b18-7-. The molecule has 0 aliphatic rings. The third-order valence-corrected chi connectivity index (χ3v) is 3.71. The topological polar surface area (TPSA) is 55.2 Å². The number of halogens is 2. The van der Waals surface area contributed by atoms with Crippen molar-refractivity contribution in [2.24, 2.45) is 5.10 Å². The Kier molecular flexibility index (Phi) is 5.84. The van der Waals surface area contributed by atoms with Crippen LogP contribution in [0.4, 0.5) is 0 Å². The average molecular weight is 373 g/mol. The number of aromatic amines is 1. The van der Waals surface area contributed by atoms with Gasteiger partial charge in [-0.2, -0.15) is 14.9 Å². The quantitative estimate of drug-likeness (QED) is 0.590. The molecule has 0 atom stereocenters. The highest BCUT2D eigenvalue weighted by Crippen LogP contribution is 2.34. The van der Waals surface area contributed by atoms with E-state index in [0.29, 0.717) is 20.6 Å². The number of hydrogen-bond acceptors (Lipinski definition) is 4. The van der Waals surface area contributed by atoms with Crippen LogP contribution in [0.3, 0.4) is 0 Å². The molecular formula is C15H18Cl2N4OS. The fourth-order valence-corrected chi connectivity index (χ4v) is 2.70. The molecule has 0 fully saturated rings. The van der Waals surface area contributed by atoms with Crippen LogP contribution in [-0.4, -0.2) is 27.2 Å². The number of hydrogen-bond donors (Lipinski definition) is 1. The summed E-state index contributed by atoms with van der Waals surface area (Å²) in [6, 6.07) is 3.49. The highest BCUT2D eigenvalue weighted by atomic mass is 35.5. The third-order valence-electron chi connectivity index (χ3n) is 2.89. The summed E-state index contributed by atoms with van der Waals surface area (Å²) in [7, 11) is 0. The van der Waals surface area contributed by atoms with Crippen molar-refractivity contribution in [3.05, 3.63) is 38.3 Å². The highest BCUT2D eigenvalue weighted by Gasteiger charge is 2.12. The van der Waals surface area contributed by atoms with E-state index in [2.05, 4.69) is 15.3 Å². The largest absolute Gasteiger partial charge is 0.488 e. The molecule has 1 aromatic carbocycles. The van der Waals surface area contributed by atoms with Crippen molar-refractivity contribution in [3.63, 3.8) is 0 Å². The van der Waals surface area contributed by atoms with Crippen LogP contribution in [0.2, 0.25) is 10.0 Å². The van der Waals surface area contributed by atoms with E-state index in [1.807, 2.05) is 27.7 Å². The molecule has 1 heterocycles. The van der Waals surface area contributed by atoms with Crippen LogP contribution in [0.1, 0.15) is 45.0 Å². The maximum absolute atomic E-state index is 6.24. The Bertz CT molecular complexity index is 757. The summed E-state index contributed by atoms with van der Waals surface area (Å²) >= 11 is 17.7. The van der Waals surface area contributed by atoms with Gasteiger partial charge in [-0.3, -0.25) is 5.10 Å². The monoisotopic (exact) mass is 372 g/mol. The van der Waals surface area contributed by atoms with Crippen molar-refractivity contribution in [1.29, 1.82) is 0 Å². The summed E-state index contributed by atoms with van der Waals surface area (Å²) in [5.74, 6) is 1.42. The van der Waals surface area contributed by atoms with Gasteiger partial charge in [0.1, 0.15) is 0 Å². The van der Waals surface area contributed by atoms with Gasteiger partial charge in [-0.25, -0.2) is 0 Å². The molecule has 0 saturated heterocycles. The Morgan fingerprint density at radius 3 is 2.39 bits per heavy atom. The first-order valence-corrected chi connectivity index (χ1v) is 8.33. The lowest BCUT2D eigenvalue weighted by molar-refractivity contribution is 0.243. The molecule has 23 heavy (non-hydrogen) atoms. The van der Waals surface area contributed by atoms with Crippen molar-refractivity contribution in [1.82, 2.24) is 14.9 Å². The molecule has 5 nitrogen and oxygen atoms in total. The summed E-state index contributed by atoms with van der Waals surface area (Å²) in [6.07, 6.45) is 1.62. The molecule has 0 spiro atoms. The van der Waals surface area contributed by atoms with Crippen LogP contribution in [0, 0.1) is 4.77 Å². The zero-order valence-corrected chi connectivity index (χ0v) is 15.6. The second kappa shape index (κ2) is 7.47. The first kappa shape index (κ1) is 18.0. The Morgan fingerprint density at radius 1 is 1.26 bits per heavy atom. The third kappa shape index (κ3) is 4.34. The molecule has 2 aromatic rings. The zero-order valence-electron chi connectivity index (χ0n) is 13.3. The number of H-pyrrole nitrogens is 1. The Hall–Kier alpha value is -1.37. The SMILES string of the molecule is CC(C)Oc1c(Cl)cc(/C=N\n2c(C(C)C)n[nH]c2=S)cc1Cl. The number of nitrogens with zero attached hydrogens (tertiary/aromatic N) is 3. The van der Waals surface area contributed by atoms with E-state index in [1.54, 1.807) is 23.0 Å². The maximum atomic E-state index is 6.24. The Labute approximate surface area is 150 Å². The Morgan fingerprint density at radius 2 is 1.87 bits per heavy atom. The van der Waals surface area contributed by atoms with Gasteiger partial charge in [0.2, 0.25) is 4.77 Å². The summed E-state index contributed by atoms with van der Waals surface area (Å²) in [5.41, 5.74) is 0.744. The van der Waals surface area contributed by atoms with E-state index < -0.39 is 0 Å². The minimum atomic E-state index is -0.0117. The Balaban J connectivity index is 2.34. The average Bonchev–Trinajstić information content (AvgIpc) is 2.81. The molecule has 0 aliphatic heterocycles. The van der Waals surface area contributed by atoms with Crippen molar-refractivity contribution in [3.8, 4) is 5.75 Å². The van der Waals surface area contributed by atoms with Crippen LogP contribution < -0.4 is 4.74 Å². The first-order valence-electron chi connectivity index (χ1n) is 7.17. The van der Waals surface area contributed by atoms with Gasteiger partial charge in [-0.1, -0.05) is 37.0 Å². The van der Waals surface area contributed by atoms with Gasteiger partial charge < -0.3 is 4.74 Å². The van der Waals surface area contributed by atoms with Crippen LogP contribution in [0.15, 0.2) is 17.2 Å². The second-order valence-electron chi connectivity index (χ2n) is 5.58. The summed E-state index contributed by atoms with van der Waals surface area (Å²) in [4.78, 5) is 0. The van der Waals surface area contributed by atoms with Gasteiger partial charge in [-0.15, -0.1) is 0 Å². The normalized spacial score (nSPS) is 11.8. The predicted molar refractivity (Wildman–Crippen MR) is 96.7 cm³/mol. The number of nitrogens with one attached hydrogen (secondary N) is 1. The molecule has 0 bridgehead atoms. The van der Waals surface area contributed by atoms with Crippen LogP contribution in [-0.2, 0) is 0 Å². The minimum absolute atomic E-state index is 0.0117. The molecule has 1 N–H and O–H groups in total. The molecule has 124 valence electrons. The number of rotatable bonds is 5. The lowest BCUT2D eigenvalue weighted by Crippen LogP contribution is -2.06. The molecule has 1 aromatic heterocycles. The van der Waals surface area contributed by atoms with E-state index in [1.165, 1.54) is 0 Å². The maximum Gasteiger partial charge on any atom is 0.216 e.